The number of rotatable bonds is 4. The van der Waals surface area contributed by atoms with E-state index < -0.39 is 0 Å². The van der Waals surface area contributed by atoms with Gasteiger partial charge in [-0.05, 0) is 45.0 Å². The summed E-state index contributed by atoms with van der Waals surface area (Å²) in [6.07, 6.45) is 1.75. The number of anilines is 1. The van der Waals surface area contributed by atoms with Crippen molar-refractivity contribution >= 4 is 22.5 Å². The van der Waals surface area contributed by atoms with Gasteiger partial charge >= 0.3 is 0 Å². The lowest BCUT2D eigenvalue weighted by Gasteiger charge is -2.47. The fourth-order valence-electron chi connectivity index (χ4n) is 4.54. The second kappa shape index (κ2) is 8.60. The Balaban J connectivity index is 1.66. The van der Waals surface area contributed by atoms with Crippen LogP contribution in [0.1, 0.15) is 32.5 Å². The largest absolute Gasteiger partial charge is 0.495 e. The average Bonchev–Trinajstić information content (AvgIpc) is 2.82. The molecule has 3 aromatic heterocycles. The highest BCUT2D eigenvalue weighted by Gasteiger charge is 2.34. The lowest BCUT2D eigenvalue weighted by molar-refractivity contribution is 0.117. The van der Waals surface area contributed by atoms with Crippen LogP contribution in [-0.2, 0) is 7.05 Å². The molecule has 0 aliphatic carbocycles. The molecule has 0 radical (unpaired) electrons. The van der Waals surface area contributed by atoms with E-state index in [0.717, 1.165) is 35.7 Å². The van der Waals surface area contributed by atoms with Crippen LogP contribution >= 0.6 is 0 Å². The number of aryl methyl sites for hydroxylation is 1. The van der Waals surface area contributed by atoms with Gasteiger partial charge in [-0.15, -0.1) is 4.98 Å². The standard InChI is InChI=1S/C24H28N6O2/c1-15-14-30(16(2)13-29(15)17(3)19-8-7-18(32-6)12-26-19)21-11-23(31)28(5)20-9-10-22(25-4)27-24(20)21/h7-12,15-17H,13-14H2,1-3,5-6H3/t15-,16+,17?/m1/s1. The van der Waals surface area contributed by atoms with E-state index in [1.165, 1.54) is 0 Å². The maximum Gasteiger partial charge on any atom is 0.270 e. The SMILES string of the molecule is [C-]#[N+]c1ccc2c(n1)c(N1C[C@@H](C)N(C(C)c3ccc(OC)cn3)C[C@@H]1C)cc(=O)n2C. The third-order valence-electron chi connectivity index (χ3n) is 6.43. The molecule has 0 N–H and O–H groups in total. The van der Waals surface area contributed by atoms with Gasteiger partial charge in [0.25, 0.3) is 11.4 Å². The van der Waals surface area contributed by atoms with Gasteiger partial charge in [0.2, 0.25) is 5.52 Å². The van der Waals surface area contributed by atoms with Crippen molar-refractivity contribution in [1.29, 1.82) is 0 Å². The quantitative estimate of drug-likeness (QED) is 0.588. The number of piperazine rings is 1. The number of ether oxygens (including phenoxy) is 1. The number of aromatic nitrogens is 3. The summed E-state index contributed by atoms with van der Waals surface area (Å²) in [6.45, 7) is 15.4. The Morgan fingerprint density at radius 1 is 1.19 bits per heavy atom. The molecule has 166 valence electrons. The van der Waals surface area contributed by atoms with Gasteiger partial charge in [-0.2, -0.15) is 0 Å². The van der Waals surface area contributed by atoms with E-state index in [2.05, 4.69) is 45.4 Å². The van der Waals surface area contributed by atoms with Crippen molar-refractivity contribution in [2.45, 2.75) is 38.9 Å². The first-order valence-corrected chi connectivity index (χ1v) is 10.7. The number of methoxy groups -OCH3 is 1. The van der Waals surface area contributed by atoms with E-state index in [9.17, 15) is 4.79 Å². The molecule has 1 unspecified atom stereocenters. The van der Waals surface area contributed by atoms with Crippen LogP contribution in [0.15, 0.2) is 41.3 Å². The summed E-state index contributed by atoms with van der Waals surface area (Å²) < 4.78 is 6.82. The number of hydrogen-bond donors (Lipinski definition) is 0. The molecule has 8 heteroatoms. The number of pyridine rings is 3. The normalized spacial score (nSPS) is 20.2. The summed E-state index contributed by atoms with van der Waals surface area (Å²) in [6, 6.07) is 9.60. The van der Waals surface area contributed by atoms with Gasteiger partial charge in [0.15, 0.2) is 0 Å². The molecule has 1 aliphatic rings. The Labute approximate surface area is 187 Å². The molecule has 1 fully saturated rings. The molecule has 3 aromatic rings. The van der Waals surface area contributed by atoms with E-state index in [1.807, 2.05) is 18.2 Å². The molecule has 32 heavy (non-hydrogen) atoms. The summed E-state index contributed by atoms with van der Waals surface area (Å²) in [7, 11) is 3.38. The Morgan fingerprint density at radius 2 is 1.97 bits per heavy atom. The summed E-state index contributed by atoms with van der Waals surface area (Å²) >= 11 is 0. The Hall–Kier alpha value is -3.44. The molecule has 8 nitrogen and oxygen atoms in total. The highest BCUT2D eigenvalue weighted by molar-refractivity contribution is 5.89. The molecule has 3 atom stereocenters. The van der Waals surface area contributed by atoms with Crippen LogP contribution in [0, 0.1) is 6.57 Å². The lowest BCUT2D eigenvalue weighted by Crippen LogP contribution is -2.57. The molecule has 4 heterocycles. The highest BCUT2D eigenvalue weighted by atomic mass is 16.5. The van der Waals surface area contributed by atoms with Crippen molar-refractivity contribution in [3.8, 4) is 5.75 Å². The maximum absolute atomic E-state index is 12.7. The zero-order chi connectivity index (χ0) is 23.0. The second-order valence-corrected chi connectivity index (χ2v) is 8.42. The molecule has 4 rings (SSSR count). The van der Waals surface area contributed by atoms with Crippen LogP contribution in [0.25, 0.3) is 15.9 Å². The maximum atomic E-state index is 12.7. The molecule has 0 bridgehead atoms. The first-order chi connectivity index (χ1) is 15.3. The van der Waals surface area contributed by atoms with Gasteiger partial charge in [-0.3, -0.25) is 14.7 Å². The number of nitrogens with zero attached hydrogens (tertiary/aromatic N) is 6. The van der Waals surface area contributed by atoms with E-state index in [4.69, 9.17) is 11.3 Å². The first-order valence-electron chi connectivity index (χ1n) is 10.7. The number of hydrogen-bond acceptors (Lipinski definition) is 6. The zero-order valence-electron chi connectivity index (χ0n) is 19.1. The minimum atomic E-state index is -0.0806. The summed E-state index contributed by atoms with van der Waals surface area (Å²) in [5.74, 6) is 1.08. The van der Waals surface area contributed by atoms with Crippen LogP contribution in [0.3, 0.4) is 0 Å². The first kappa shape index (κ1) is 21.8. The van der Waals surface area contributed by atoms with Crippen molar-refractivity contribution < 1.29 is 4.74 Å². The minimum absolute atomic E-state index is 0.0806. The van der Waals surface area contributed by atoms with Crippen molar-refractivity contribution in [2.24, 2.45) is 7.05 Å². The van der Waals surface area contributed by atoms with Gasteiger partial charge in [-0.1, -0.05) is 6.57 Å². The predicted octanol–water partition coefficient (Wildman–Crippen LogP) is 3.55. The van der Waals surface area contributed by atoms with Crippen molar-refractivity contribution in [3.05, 3.63) is 64.0 Å². The van der Waals surface area contributed by atoms with Crippen LogP contribution in [0.4, 0.5) is 11.5 Å². The molecule has 1 saturated heterocycles. The monoisotopic (exact) mass is 432 g/mol. The Bertz CT molecular complexity index is 1230. The van der Waals surface area contributed by atoms with Crippen molar-refractivity contribution in [1.82, 2.24) is 19.4 Å². The number of fused-ring (bicyclic) bond motifs is 1. The van der Waals surface area contributed by atoms with Gasteiger partial charge < -0.3 is 19.0 Å². The molecule has 0 aromatic carbocycles. The van der Waals surface area contributed by atoms with Crippen LogP contribution in [-0.4, -0.2) is 51.7 Å². The van der Waals surface area contributed by atoms with Gasteiger partial charge in [0.1, 0.15) is 5.75 Å². The molecular formula is C24H28N6O2. The molecular weight excluding hydrogens is 404 g/mol. The fraction of sp³-hybridized carbons (Fsp3) is 0.417. The smallest absolute Gasteiger partial charge is 0.270 e. The topological polar surface area (TPSA) is 67.9 Å². The summed E-state index contributed by atoms with van der Waals surface area (Å²) in [5, 5.41) is 0. The molecule has 0 amide bonds. The van der Waals surface area contributed by atoms with Crippen molar-refractivity contribution in [2.75, 3.05) is 25.1 Å². The Kier molecular flexibility index (Phi) is 5.85. The van der Waals surface area contributed by atoms with E-state index >= 15 is 0 Å². The lowest BCUT2D eigenvalue weighted by atomic mass is 10.0. The van der Waals surface area contributed by atoms with Crippen molar-refractivity contribution in [3.63, 3.8) is 0 Å². The Morgan fingerprint density at radius 3 is 2.62 bits per heavy atom. The third-order valence-corrected chi connectivity index (χ3v) is 6.43. The van der Waals surface area contributed by atoms with Crippen LogP contribution in [0.5, 0.6) is 5.75 Å². The highest BCUT2D eigenvalue weighted by Crippen LogP contribution is 2.32. The third kappa shape index (κ3) is 3.80. The summed E-state index contributed by atoms with van der Waals surface area (Å²) in [4.78, 5) is 30.0. The van der Waals surface area contributed by atoms with E-state index in [1.54, 1.807) is 37.1 Å². The second-order valence-electron chi connectivity index (χ2n) is 8.42. The van der Waals surface area contributed by atoms with Crippen LogP contribution < -0.4 is 15.2 Å². The van der Waals surface area contributed by atoms with Gasteiger partial charge in [0, 0.05) is 44.3 Å². The molecule has 0 saturated carbocycles. The molecule has 0 spiro atoms. The predicted molar refractivity (Wildman–Crippen MR) is 125 cm³/mol. The van der Waals surface area contributed by atoms with Gasteiger partial charge in [-0.25, -0.2) is 0 Å². The molecule has 1 aliphatic heterocycles. The fourth-order valence-corrected chi connectivity index (χ4v) is 4.54. The van der Waals surface area contributed by atoms with E-state index in [0.29, 0.717) is 11.3 Å². The summed E-state index contributed by atoms with van der Waals surface area (Å²) in [5.41, 5.74) is 3.14. The van der Waals surface area contributed by atoms with E-state index in [-0.39, 0.29) is 23.7 Å². The van der Waals surface area contributed by atoms with Crippen LogP contribution in [0.2, 0.25) is 0 Å². The minimum Gasteiger partial charge on any atom is -0.495 e. The average molecular weight is 433 g/mol. The zero-order valence-corrected chi connectivity index (χ0v) is 19.1. The van der Waals surface area contributed by atoms with Gasteiger partial charge in [0.05, 0.1) is 30.2 Å².